The molecule has 0 unspecified atom stereocenters. The van der Waals surface area contributed by atoms with E-state index in [0.717, 1.165) is 12.8 Å². The van der Waals surface area contributed by atoms with Crippen molar-refractivity contribution in [2.24, 2.45) is 5.92 Å². The van der Waals surface area contributed by atoms with E-state index < -0.39 is 0 Å². The van der Waals surface area contributed by atoms with E-state index >= 15 is 0 Å². The fourth-order valence-electron chi connectivity index (χ4n) is 2.01. The molecule has 0 aliphatic rings. The third-order valence-electron chi connectivity index (χ3n) is 3.30. The van der Waals surface area contributed by atoms with Gasteiger partial charge in [-0.15, -0.1) is 0 Å². The molecule has 0 saturated heterocycles. The quantitative estimate of drug-likeness (QED) is 0.639. The van der Waals surface area contributed by atoms with Gasteiger partial charge < -0.3 is 9.26 Å². The summed E-state index contributed by atoms with van der Waals surface area (Å²) in [6, 6.07) is 7.23. The molecule has 0 aliphatic carbocycles. The van der Waals surface area contributed by atoms with Gasteiger partial charge in [0.05, 0.1) is 5.02 Å². The summed E-state index contributed by atoms with van der Waals surface area (Å²) in [7, 11) is 0. The Bertz CT molecular complexity index is 800. The van der Waals surface area contributed by atoms with Crippen molar-refractivity contribution in [2.45, 2.75) is 33.3 Å². The summed E-state index contributed by atoms with van der Waals surface area (Å²) in [6.07, 6.45) is 1.80. The van der Waals surface area contributed by atoms with Crippen LogP contribution in [-0.2, 0) is 13.0 Å². The first-order valence-corrected chi connectivity index (χ1v) is 8.02. The molecule has 0 bridgehead atoms. The average Bonchev–Trinajstić information content (AvgIpc) is 3.21. The van der Waals surface area contributed by atoms with Gasteiger partial charge in [0.1, 0.15) is 0 Å². The number of halogens is 1. The van der Waals surface area contributed by atoms with Crippen LogP contribution in [0.5, 0.6) is 6.08 Å². The van der Waals surface area contributed by atoms with Crippen molar-refractivity contribution in [1.82, 2.24) is 20.3 Å². The minimum atomic E-state index is 0.0202. The number of hydrogen-bond donors (Lipinski definition) is 0. The Hall–Kier alpha value is -2.41. The molecule has 3 rings (SSSR count). The van der Waals surface area contributed by atoms with Crippen molar-refractivity contribution >= 4 is 11.6 Å². The lowest BCUT2D eigenvalue weighted by atomic mass is 10.1. The number of nitrogens with zero attached hydrogens (tertiary/aromatic N) is 4. The first kappa shape index (κ1) is 16.4. The molecule has 7 nitrogen and oxygen atoms in total. The number of aryl methyl sites for hydroxylation is 1. The third-order valence-corrected chi connectivity index (χ3v) is 3.63. The Labute approximate surface area is 144 Å². The highest BCUT2D eigenvalue weighted by atomic mass is 35.5. The third kappa shape index (κ3) is 4.11. The Balaban J connectivity index is 1.59. The van der Waals surface area contributed by atoms with E-state index in [2.05, 4.69) is 34.1 Å². The Morgan fingerprint density at radius 1 is 1.12 bits per heavy atom. The lowest BCUT2D eigenvalue weighted by Crippen LogP contribution is -1.97. The highest BCUT2D eigenvalue weighted by Crippen LogP contribution is 2.26. The smallest absolute Gasteiger partial charge is 0.418 e. The molecule has 2 heterocycles. The van der Waals surface area contributed by atoms with Crippen molar-refractivity contribution < 1.29 is 13.8 Å². The van der Waals surface area contributed by atoms with E-state index in [1.807, 2.05) is 12.1 Å². The highest BCUT2D eigenvalue weighted by Gasteiger charge is 2.14. The van der Waals surface area contributed by atoms with Crippen LogP contribution in [0.25, 0.3) is 11.4 Å². The van der Waals surface area contributed by atoms with E-state index in [4.69, 9.17) is 25.4 Å². The van der Waals surface area contributed by atoms with Crippen LogP contribution < -0.4 is 4.74 Å². The maximum absolute atomic E-state index is 6.10. The fourth-order valence-corrected chi connectivity index (χ4v) is 2.23. The molecule has 0 N–H and O–H groups in total. The van der Waals surface area contributed by atoms with Crippen molar-refractivity contribution in [1.29, 1.82) is 0 Å². The Morgan fingerprint density at radius 2 is 1.96 bits per heavy atom. The molecule has 1 aromatic carbocycles. The highest BCUT2D eigenvalue weighted by molar-refractivity contribution is 6.33. The van der Waals surface area contributed by atoms with Gasteiger partial charge in [-0.2, -0.15) is 9.97 Å². The van der Waals surface area contributed by atoms with Crippen LogP contribution >= 0.6 is 11.6 Å². The van der Waals surface area contributed by atoms with Crippen LogP contribution in [0.3, 0.4) is 0 Å². The van der Waals surface area contributed by atoms with Crippen LogP contribution in [-0.4, -0.2) is 20.3 Å². The lowest BCUT2D eigenvalue weighted by molar-refractivity contribution is 0.169. The monoisotopic (exact) mass is 348 g/mol. The molecule has 2 aromatic heterocycles. The summed E-state index contributed by atoms with van der Waals surface area (Å²) in [6.45, 7) is 4.37. The van der Waals surface area contributed by atoms with Crippen LogP contribution in [0.2, 0.25) is 5.02 Å². The van der Waals surface area contributed by atoms with Crippen LogP contribution in [0.4, 0.5) is 0 Å². The summed E-state index contributed by atoms with van der Waals surface area (Å²) in [5, 5.41) is 8.30. The lowest BCUT2D eigenvalue weighted by Gasteiger charge is -1.98. The van der Waals surface area contributed by atoms with E-state index in [-0.39, 0.29) is 12.7 Å². The van der Waals surface area contributed by atoms with Gasteiger partial charge in [-0.05, 0) is 24.5 Å². The van der Waals surface area contributed by atoms with Gasteiger partial charge in [-0.3, -0.25) is 4.52 Å². The van der Waals surface area contributed by atoms with Gasteiger partial charge in [0.2, 0.25) is 5.82 Å². The Kier molecular flexibility index (Phi) is 5.10. The molecule has 0 fully saturated rings. The zero-order chi connectivity index (χ0) is 16.9. The van der Waals surface area contributed by atoms with Gasteiger partial charge in [0.25, 0.3) is 5.89 Å². The molecular formula is C16H17ClN4O3. The van der Waals surface area contributed by atoms with Crippen molar-refractivity contribution in [3.8, 4) is 17.5 Å². The standard InChI is InChI=1S/C16H17ClN4O3/c1-10(2)7-8-13-18-14(23-20-13)9-22-16-19-15(21-24-16)11-5-3-4-6-12(11)17/h3-6,10H,7-9H2,1-2H3. The van der Waals surface area contributed by atoms with Crippen LogP contribution in [0.1, 0.15) is 32.0 Å². The fraction of sp³-hybridized carbons (Fsp3) is 0.375. The van der Waals surface area contributed by atoms with Crippen molar-refractivity contribution in [2.75, 3.05) is 0 Å². The minimum absolute atomic E-state index is 0.0202. The molecule has 0 spiro atoms. The maximum Gasteiger partial charge on any atom is 0.418 e. The average molecular weight is 349 g/mol. The normalized spacial score (nSPS) is 11.2. The van der Waals surface area contributed by atoms with Gasteiger partial charge in [-0.25, -0.2) is 0 Å². The maximum atomic E-state index is 6.10. The summed E-state index contributed by atoms with van der Waals surface area (Å²) in [5.74, 6) is 1.99. The zero-order valence-corrected chi connectivity index (χ0v) is 14.2. The topological polar surface area (TPSA) is 87.1 Å². The second kappa shape index (κ2) is 7.44. The molecule has 0 atom stereocenters. The predicted octanol–water partition coefficient (Wildman–Crippen LogP) is 3.94. The number of hydrogen-bond acceptors (Lipinski definition) is 7. The van der Waals surface area contributed by atoms with Crippen molar-refractivity contribution in [3.63, 3.8) is 0 Å². The number of ether oxygens (including phenoxy) is 1. The first-order chi connectivity index (χ1) is 11.6. The number of benzene rings is 1. The Morgan fingerprint density at radius 3 is 2.75 bits per heavy atom. The van der Waals surface area contributed by atoms with Gasteiger partial charge in [0.15, 0.2) is 12.4 Å². The summed E-state index contributed by atoms with van der Waals surface area (Å²) in [5.41, 5.74) is 0.673. The van der Waals surface area contributed by atoms with Crippen LogP contribution in [0.15, 0.2) is 33.3 Å². The zero-order valence-electron chi connectivity index (χ0n) is 13.4. The predicted molar refractivity (Wildman–Crippen MR) is 86.5 cm³/mol. The second-order valence-electron chi connectivity index (χ2n) is 5.69. The SMILES string of the molecule is CC(C)CCc1noc(COc2nc(-c3ccccc3Cl)no2)n1. The molecule has 126 valence electrons. The summed E-state index contributed by atoms with van der Waals surface area (Å²) in [4.78, 5) is 8.41. The van der Waals surface area contributed by atoms with E-state index in [0.29, 0.717) is 34.0 Å². The van der Waals surface area contributed by atoms with Gasteiger partial charge in [-0.1, -0.05) is 47.9 Å². The minimum Gasteiger partial charge on any atom is -0.439 e. The molecule has 8 heteroatoms. The molecule has 0 radical (unpaired) electrons. The van der Waals surface area contributed by atoms with E-state index in [9.17, 15) is 0 Å². The molecular weight excluding hydrogens is 332 g/mol. The molecule has 24 heavy (non-hydrogen) atoms. The van der Waals surface area contributed by atoms with Gasteiger partial charge >= 0.3 is 6.08 Å². The van der Waals surface area contributed by atoms with E-state index in [1.54, 1.807) is 12.1 Å². The largest absolute Gasteiger partial charge is 0.439 e. The number of rotatable bonds is 7. The summed E-state index contributed by atoms with van der Waals surface area (Å²) >= 11 is 6.10. The van der Waals surface area contributed by atoms with Gasteiger partial charge in [0, 0.05) is 12.0 Å². The first-order valence-electron chi connectivity index (χ1n) is 7.64. The molecule has 0 amide bonds. The second-order valence-corrected chi connectivity index (χ2v) is 6.10. The molecule has 0 aliphatic heterocycles. The molecule has 0 saturated carbocycles. The number of aromatic nitrogens is 4. The van der Waals surface area contributed by atoms with Crippen molar-refractivity contribution in [3.05, 3.63) is 41.0 Å². The van der Waals surface area contributed by atoms with Crippen LogP contribution in [0, 0.1) is 5.92 Å². The summed E-state index contributed by atoms with van der Waals surface area (Å²) < 4.78 is 15.6. The van der Waals surface area contributed by atoms with E-state index in [1.165, 1.54) is 0 Å². The molecule has 3 aromatic rings.